The molecule has 1 aliphatic rings. The molecular formula is C19H25N3O3S2. The van der Waals surface area contributed by atoms with Crippen LogP contribution in [0.25, 0.3) is 0 Å². The molecule has 3 rings (SSSR count). The summed E-state index contributed by atoms with van der Waals surface area (Å²) in [5, 5.41) is 4.93. The van der Waals surface area contributed by atoms with Crippen molar-refractivity contribution >= 4 is 33.0 Å². The first kappa shape index (κ1) is 19.9. The first-order chi connectivity index (χ1) is 12.9. The van der Waals surface area contributed by atoms with Crippen molar-refractivity contribution in [2.75, 3.05) is 38.6 Å². The van der Waals surface area contributed by atoms with E-state index in [0.29, 0.717) is 17.4 Å². The summed E-state index contributed by atoms with van der Waals surface area (Å²) in [6, 6.07) is 10.8. The van der Waals surface area contributed by atoms with Crippen LogP contribution in [0.2, 0.25) is 0 Å². The number of sulfonamides is 1. The number of thiophene rings is 1. The van der Waals surface area contributed by atoms with Crippen molar-refractivity contribution in [3.8, 4) is 0 Å². The van der Waals surface area contributed by atoms with Crippen LogP contribution in [0.15, 0.2) is 46.7 Å². The molecule has 0 bridgehead atoms. The number of benzene rings is 1. The topological polar surface area (TPSA) is 69.7 Å². The van der Waals surface area contributed by atoms with Gasteiger partial charge in [-0.05, 0) is 54.5 Å². The molecule has 2 heterocycles. The van der Waals surface area contributed by atoms with Gasteiger partial charge in [0.25, 0.3) is 5.91 Å². The molecule has 1 aromatic heterocycles. The number of hydrogen-bond acceptors (Lipinski definition) is 5. The fraction of sp³-hybridized carbons (Fsp3) is 0.421. The van der Waals surface area contributed by atoms with E-state index in [1.807, 2.05) is 29.6 Å². The van der Waals surface area contributed by atoms with Gasteiger partial charge in [-0.1, -0.05) is 6.07 Å². The van der Waals surface area contributed by atoms with Crippen LogP contribution >= 0.6 is 11.3 Å². The molecule has 0 spiro atoms. The van der Waals surface area contributed by atoms with E-state index in [1.165, 1.54) is 29.7 Å². The summed E-state index contributed by atoms with van der Waals surface area (Å²) in [6.07, 6.45) is 2.00. The highest BCUT2D eigenvalue weighted by Gasteiger charge is 2.22. The minimum Gasteiger partial charge on any atom is -0.372 e. The summed E-state index contributed by atoms with van der Waals surface area (Å²) in [5.74, 6) is 0.476. The average molecular weight is 408 g/mol. The van der Waals surface area contributed by atoms with Crippen molar-refractivity contribution < 1.29 is 13.2 Å². The zero-order valence-electron chi connectivity index (χ0n) is 15.6. The lowest BCUT2D eigenvalue weighted by Gasteiger charge is -2.33. The van der Waals surface area contributed by atoms with Gasteiger partial charge in [-0.2, -0.15) is 0 Å². The highest BCUT2D eigenvalue weighted by Crippen LogP contribution is 2.25. The Balaban J connectivity index is 1.51. The van der Waals surface area contributed by atoms with Crippen LogP contribution in [0.4, 0.5) is 5.69 Å². The molecule has 1 fully saturated rings. The molecular weight excluding hydrogens is 382 g/mol. The summed E-state index contributed by atoms with van der Waals surface area (Å²) in [5.41, 5.74) is 1.04. The van der Waals surface area contributed by atoms with Crippen LogP contribution < -0.4 is 10.2 Å². The first-order valence-corrected chi connectivity index (χ1v) is 11.3. The second-order valence-electron chi connectivity index (χ2n) is 6.90. The molecule has 0 unspecified atom stereocenters. The van der Waals surface area contributed by atoms with Crippen LogP contribution in [0.5, 0.6) is 0 Å². The standard InChI is InChI=1S/C19H25N3O3S2/c1-21(2)27(24,25)17-7-5-16(6-8-17)22-11-9-15(10-12-22)14-20-19(23)18-4-3-13-26-18/h3-8,13,15H,9-12,14H2,1-2H3,(H,20,23). The maximum atomic E-state index is 12.2. The summed E-state index contributed by atoms with van der Waals surface area (Å²) < 4.78 is 25.5. The van der Waals surface area contributed by atoms with Crippen LogP contribution in [-0.2, 0) is 10.0 Å². The van der Waals surface area contributed by atoms with E-state index in [9.17, 15) is 13.2 Å². The van der Waals surface area contributed by atoms with Crippen LogP contribution in [0.1, 0.15) is 22.5 Å². The molecule has 1 amide bonds. The largest absolute Gasteiger partial charge is 0.372 e. The lowest BCUT2D eigenvalue weighted by atomic mass is 9.96. The highest BCUT2D eigenvalue weighted by molar-refractivity contribution is 7.89. The van der Waals surface area contributed by atoms with E-state index >= 15 is 0 Å². The van der Waals surface area contributed by atoms with Gasteiger partial charge in [0, 0.05) is 39.4 Å². The quantitative estimate of drug-likeness (QED) is 0.799. The van der Waals surface area contributed by atoms with Crippen LogP contribution in [0, 0.1) is 5.92 Å². The number of piperidine rings is 1. The van der Waals surface area contributed by atoms with Gasteiger partial charge < -0.3 is 10.2 Å². The van der Waals surface area contributed by atoms with Gasteiger partial charge in [0.05, 0.1) is 9.77 Å². The highest BCUT2D eigenvalue weighted by atomic mass is 32.2. The van der Waals surface area contributed by atoms with Crippen molar-refractivity contribution in [2.24, 2.45) is 5.92 Å². The molecule has 1 aromatic carbocycles. The first-order valence-electron chi connectivity index (χ1n) is 8.97. The van der Waals surface area contributed by atoms with Gasteiger partial charge in [-0.25, -0.2) is 12.7 Å². The Bertz CT molecular complexity index is 854. The van der Waals surface area contributed by atoms with E-state index in [0.717, 1.165) is 36.5 Å². The third kappa shape index (κ3) is 4.69. The van der Waals surface area contributed by atoms with E-state index < -0.39 is 10.0 Å². The van der Waals surface area contributed by atoms with Crippen molar-refractivity contribution in [2.45, 2.75) is 17.7 Å². The number of nitrogens with one attached hydrogen (secondary N) is 1. The summed E-state index contributed by atoms with van der Waals surface area (Å²) >= 11 is 1.45. The monoisotopic (exact) mass is 407 g/mol. The minimum atomic E-state index is -3.39. The maximum absolute atomic E-state index is 12.2. The number of hydrogen-bond donors (Lipinski definition) is 1. The van der Waals surface area contributed by atoms with Gasteiger partial charge in [0.2, 0.25) is 10.0 Å². The molecule has 27 heavy (non-hydrogen) atoms. The second kappa shape index (κ2) is 8.41. The zero-order chi connectivity index (χ0) is 19.4. The number of carbonyl (C=O) groups excluding carboxylic acids is 1. The van der Waals surface area contributed by atoms with Gasteiger partial charge in [-0.15, -0.1) is 11.3 Å². The molecule has 0 atom stereocenters. The predicted octanol–water partition coefficient (Wildman–Crippen LogP) is 2.64. The number of amides is 1. The van der Waals surface area contributed by atoms with E-state index in [1.54, 1.807) is 12.1 Å². The van der Waals surface area contributed by atoms with Crippen molar-refractivity contribution in [1.82, 2.24) is 9.62 Å². The SMILES string of the molecule is CN(C)S(=O)(=O)c1ccc(N2CCC(CNC(=O)c3cccs3)CC2)cc1. The molecule has 2 aromatic rings. The number of rotatable bonds is 6. The smallest absolute Gasteiger partial charge is 0.261 e. The Morgan fingerprint density at radius 2 is 1.85 bits per heavy atom. The van der Waals surface area contributed by atoms with Crippen molar-refractivity contribution in [1.29, 1.82) is 0 Å². The molecule has 8 heteroatoms. The van der Waals surface area contributed by atoms with E-state index in [-0.39, 0.29) is 5.91 Å². The molecule has 1 saturated heterocycles. The summed E-state index contributed by atoms with van der Waals surface area (Å²) in [6.45, 7) is 2.50. The summed E-state index contributed by atoms with van der Waals surface area (Å²) in [7, 11) is -0.326. The van der Waals surface area contributed by atoms with E-state index in [2.05, 4.69) is 10.2 Å². The predicted molar refractivity (Wildman–Crippen MR) is 109 cm³/mol. The van der Waals surface area contributed by atoms with Gasteiger partial charge in [0.15, 0.2) is 0 Å². The Hall–Kier alpha value is -1.90. The lowest BCUT2D eigenvalue weighted by molar-refractivity contribution is 0.0949. The minimum absolute atomic E-state index is 0.00474. The molecule has 0 aliphatic carbocycles. The lowest BCUT2D eigenvalue weighted by Crippen LogP contribution is -2.38. The fourth-order valence-electron chi connectivity index (χ4n) is 3.17. The average Bonchev–Trinajstić information content (AvgIpc) is 3.21. The second-order valence-corrected chi connectivity index (χ2v) is 10.00. The summed E-state index contributed by atoms with van der Waals surface area (Å²) in [4.78, 5) is 15.4. The molecule has 1 aliphatic heterocycles. The Labute approximate surface area is 164 Å². The van der Waals surface area contributed by atoms with Crippen LogP contribution in [-0.4, -0.2) is 52.4 Å². The molecule has 0 radical (unpaired) electrons. The van der Waals surface area contributed by atoms with Gasteiger partial charge in [-0.3, -0.25) is 4.79 Å². The zero-order valence-corrected chi connectivity index (χ0v) is 17.2. The van der Waals surface area contributed by atoms with Crippen molar-refractivity contribution in [3.05, 3.63) is 46.7 Å². The molecule has 6 nitrogen and oxygen atoms in total. The number of carbonyl (C=O) groups is 1. The molecule has 1 N–H and O–H groups in total. The van der Waals surface area contributed by atoms with Gasteiger partial charge in [0.1, 0.15) is 0 Å². The van der Waals surface area contributed by atoms with Crippen molar-refractivity contribution in [3.63, 3.8) is 0 Å². The Morgan fingerprint density at radius 3 is 2.41 bits per heavy atom. The molecule has 146 valence electrons. The normalized spacial score (nSPS) is 15.9. The maximum Gasteiger partial charge on any atom is 0.261 e. The third-order valence-electron chi connectivity index (χ3n) is 4.89. The number of anilines is 1. The Morgan fingerprint density at radius 1 is 1.19 bits per heavy atom. The third-order valence-corrected chi connectivity index (χ3v) is 7.59. The fourth-order valence-corrected chi connectivity index (χ4v) is 4.71. The van der Waals surface area contributed by atoms with Crippen LogP contribution in [0.3, 0.4) is 0 Å². The van der Waals surface area contributed by atoms with Gasteiger partial charge >= 0.3 is 0 Å². The molecule has 0 saturated carbocycles. The Kier molecular flexibility index (Phi) is 6.18. The van der Waals surface area contributed by atoms with E-state index in [4.69, 9.17) is 0 Å². The number of nitrogens with zero attached hydrogens (tertiary/aromatic N) is 2.